The highest BCUT2D eigenvalue weighted by Gasteiger charge is 2.05. The van der Waals surface area contributed by atoms with Crippen molar-refractivity contribution in [3.8, 4) is 0 Å². The van der Waals surface area contributed by atoms with Crippen LogP contribution in [0.1, 0.15) is 17.1 Å². The molecule has 0 fully saturated rings. The van der Waals surface area contributed by atoms with Crippen LogP contribution in [0.5, 0.6) is 0 Å². The van der Waals surface area contributed by atoms with E-state index < -0.39 is 0 Å². The van der Waals surface area contributed by atoms with Gasteiger partial charge < -0.3 is 9.73 Å². The molecule has 0 aliphatic rings. The van der Waals surface area contributed by atoms with E-state index in [1.165, 1.54) is 0 Å². The SMILES string of the molecule is Cc1cnc(CNCc2cc(Br)c(Br)o2)cn1. The topological polar surface area (TPSA) is 51.0 Å². The van der Waals surface area contributed by atoms with Crippen molar-refractivity contribution in [1.82, 2.24) is 15.3 Å². The number of halogens is 2. The van der Waals surface area contributed by atoms with Crippen LogP contribution in [0.4, 0.5) is 0 Å². The molecule has 6 heteroatoms. The zero-order valence-electron chi connectivity index (χ0n) is 9.20. The molecular formula is C11H11Br2N3O. The lowest BCUT2D eigenvalue weighted by Gasteiger charge is -2.01. The number of aryl methyl sites for hydroxylation is 1. The van der Waals surface area contributed by atoms with E-state index in [1.807, 2.05) is 13.0 Å². The van der Waals surface area contributed by atoms with Gasteiger partial charge in [-0.15, -0.1) is 0 Å². The van der Waals surface area contributed by atoms with Gasteiger partial charge >= 0.3 is 0 Å². The summed E-state index contributed by atoms with van der Waals surface area (Å²) in [5, 5.41) is 3.24. The smallest absolute Gasteiger partial charge is 0.183 e. The lowest BCUT2D eigenvalue weighted by atomic mass is 10.4. The molecule has 0 atom stereocenters. The summed E-state index contributed by atoms with van der Waals surface area (Å²) < 4.78 is 7.08. The Bertz CT molecular complexity index is 476. The molecule has 0 saturated heterocycles. The first-order chi connectivity index (χ1) is 8.15. The van der Waals surface area contributed by atoms with Crippen LogP contribution >= 0.6 is 31.9 Å². The maximum absolute atomic E-state index is 5.44. The second-order valence-corrected chi connectivity index (χ2v) is 5.16. The normalized spacial score (nSPS) is 10.8. The molecule has 0 spiro atoms. The number of hydrogen-bond donors (Lipinski definition) is 1. The summed E-state index contributed by atoms with van der Waals surface area (Å²) in [6.45, 7) is 3.24. The van der Waals surface area contributed by atoms with Crippen molar-refractivity contribution >= 4 is 31.9 Å². The number of nitrogens with one attached hydrogen (secondary N) is 1. The predicted octanol–water partition coefficient (Wildman–Crippen LogP) is 3.19. The lowest BCUT2D eigenvalue weighted by molar-refractivity contribution is 0.463. The van der Waals surface area contributed by atoms with Crippen molar-refractivity contribution in [2.24, 2.45) is 0 Å². The summed E-state index contributed by atoms with van der Waals surface area (Å²) in [7, 11) is 0. The van der Waals surface area contributed by atoms with Crippen LogP contribution in [0.2, 0.25) is 0 Å². The van der Waals surface area contributed by atoms with Gasteiger partial charge in [-0.3, -0.25) is 9.97 Å². The number of aromatic nitrogens is 2. The van der Waals surface area contributed by atoms with Crippen molar-refractivity contribution in [3.05, 3.63) is 44.8 Å². The Kier molecular flexibility index (Phi) is 4.31. The van der Waals surface area contributed by atoms with Crippen LogP contribution in [0.15, 0.2) is 32.0 Å². The predicted molar refractivity (Wildman–Crippen MR) is 71.4 cm³/mol. The van der Waals surface area contributed by atoms with Gasteiger partial charge in [0.1, 0.15) is 5.76 Å². The van der Waals surface area contributed by atoms with Gasteiger partial charge in [-0.1, -0.05) is 0 Å². The highest BCUT2D eigenvalue weighted by molar-refractivity contribution is 9.13. The van der Waals surface area contributed by atoms with Gasteiger partial charge in [0, 0.05) is 18.9 Å². The summed E-state index contributed by atoms with van der Waals surface area (Å²) in [5.74, 6) is 0.865. The Labute approximate surface area is 116 Å². The van der Waals surface area contributed by atoms with Crippen molar-refractivity contribution < 1.29 is 4.42 Å². The Hall–Kier alpha value is -0.720. The monoisotopic (exact) mass is 359 g/mol. The minimum atomic E-state index is 0.653. The van der Waals surface area contributed by atoms with E-state index in [4.69, 9.17) is 4.42 Å². The molecular weight excluding hydrogens is 350 g/mol. The van der Waals surface area contributed by atoms with E-state index in [0.29, 0.717) is 17.8 Å². The zero-order chi connectivity index (χ0) is 12.3. The van der Waals surface area contributed by atoms with E-state index >= 15 is 0 Å². The Morgan fingerprint density at radius 3 is 2.65 bits per heavy atom. The second kappa shape index (κ2) is 5.75. The molecule has 90 valence electrons. The first-order valence-corrected chi connectivity index (χ1v) is 6.65. The Balaban J connectivity index is 1.85. The van der Waals surface area contributed by atoms with Crippen molar-refractivity contribution in [2.75, 3.05) is 0 Å². The fourth-order valence-corrected chi connectivity index (χ4v) is 1.96. The molecule has 2 rings (SSSR count). The number of nitrogens with zero attached hydrogens (tertiary/aromatic N) is 2. The summed E-state index contributed by atoms with van der Waals surface area (Å²) in [4.78, 5) is 8.44. The van der Waals surface area contributed by atoms with E-state index in [0.717, 1.165) is 21.6 Å². The van der Waals surface area contributed by atoms with Crippen molar-refractivity contribution in [3.63, 3.8) is 0 Å². The van der Waals surface area contributed by atoms with Crippen LogP contribution in [-0.4, -0.2) is 9.97 Å². The van der Waals surface area contributed by atoms with Crippen molar-refractivity contribution in [2.45, 2.75) is 20.0 Å². The molecule has 0 aromatic carbocycles. The van der Waals surface area contributed by atoms with Crippen LogP contribution in [0, 0.1) is 6.92 Å². The average Bonchev–Trinajstić information content (AvgIpc) is 2.61. The third-order valence-electron chi connectivity index (χ3n) is 2.14. The molecule has 0 amide bonds. The van der Waals surface area contributed by atoms with E-state index in [-0.39, 0.29) is 0 Å². The average molecular weight is 361 g/mol. The largest absolute Gasteiger partial charge is 0.452 e. The third kappa shape index (κ3) is 3.62. The van der Waals surface area contributed by atoms with Gasteiger partial charge in [-0.05, 0) is 44.8 Å². The van der Waals surface area contributed by atoms with Gasteiger partial charge in [0.25, 0.3) is 0 Å². The van der Waals surface area contributed by atoms with Crippen LogP contribution in [-0.2, 0) is 13.1 Å². The molecule has 2 heterocycles. The van der Waals surface area contributed by atoms with Gasteiger partial charge in [0.2, 0.25) is 0 Å². The van der Waals surface area contributed by atoms with Gasteiger partial charge in [-0.25, -0.2) is 0 Å². The molecule has 17 heavy (non-hydrogen) atoms. The minimum absolute atomic E-state index is 0.653. The molecule has 0 bridgehead atoms. The quantitative estimate of drug-likeness (QED) is 0.909. The lowest BCUT2D eigenvalue weighted by Crippen LogP contribution is -2.13. The van der Waals surface area contributed by atoms with E-state index in [9.17, 15) is 0 Å². The van der Waals surface area contributed by atoms with E-state index in [2.05, 4.69) is 47.1 Å². The molecule has 2 aromatic heterocycles. The molecule has 4 nitrogen and oxygen atoms in total. The molecule has 0 aliphatic heterocycles. The molecule has 0 saturated carbocycles. The third-order valence-corrected chi connectivity index (χ3v) is 3.85. The minimum Gasteiger partial charge on any atom is -0.452 e. The highest BCUT2D eigenvalue weighted by atomic mass is 79.9. The summed E-state index contributed by atoms with van der Waals surface area (Å²) in [6, 6.07) is 1.93. The molecule has 0 aliphatic carbocycles. The first-order valence-electron chi connectivity index (χ1n) is 5.07. The fraction of sp³-hybridized carbons (Fsp3) is 0.273. The maximum atomic E-state index is 5.44. The number of rotatable bonds is 4. The van der Waals surface area contributed by atoms with Crippen LogP contribution < -0.4 is 5.32 Å². The number of furan rings is 1. The Morgan fingerprint density at radius 1 is 1.24 bits per heavy atom. The van der Waals surface area contributed by atoms with Gasteiger partial charge in [-0.2, -0.15) is 0 Å². The second-order valence-electron chi connectivity index (χ2n) is 3.59. The molecule has 2 aromatic rings. The molecule has 0 radical (unpaired) electrons. The Morgan fingerprint density at radius 2 is 2.06 bits per heavy atom. The fourth-order valence-electron chi connectivity index (χ4n) is 1.30. The molecule has 0 unspecified atom stereocenters. The summed E-state index contributed by atoms with van der Waals surface area (Å²) in [6.07, 6.45) is 3.54. The van der Waals surface area contributed by atoms with Gasteiger partial charge in [0.05, 0.1) is 22.4 Å². The standard InChI is InChI=1S/C11H11Br2N3O/c1-7-3-16-8(5-15-7)4-14-6-9-2-10(12)11(13)17-9/h2-3,5,14H,4,6H2,1H3. The van der Waals surface area contributed by atoms with Crippen LogP contribution in [0.3, 0.4) is 0 Å². The van der Waals surface area contributed by atoms with Crippen LogP contribution in [0.25, 0.3) is 0 Å². The highest BCUT2D eigenvalue weighted by Crippen LogP contribution is 2.26. The number of hydrogen-bond acceptors (Lipinski definition) is 4. The summed E-state index contributed by atoms with van der Waals surface area (Å²) in [5.41, 5.74) is 1.84. The maximum Gasteiger partial charge on any atom is 0.183 e. The van der Waals surface area contributed by atoms with Crippen molar-refractivity contribution in [1.29, 1.82) is 0 Å². The molecule has 1 N–H and O–H groups in total. The van der Waals surface area contributed by atoms with E-state index in [1.54, 1.807) is 12.4 Å². The zero-order valence-corrected chi connectivity index (χ0v) is 12.4. The van der Waals surface area contributed by atoms with Gasteiger partial charge in [0.15, 0.2) is 4.67 Å². The first kappa shape index (κ1) is 12.7. The summed E-state index contributed by atoms with van der Waals surface area (Å²) >= 11 is 6.67.